The van der Waals surface area contributed by atoms with Crippen molar-refractivity contribution in [1.82, 2.24) is 5.43 Å². The molecule has 10 heteroatoms. The molecule has 0 fully saturated rings. The van der Waals surface area contributed by atoms with Crippen LogP contribution in [-0.4, -0.2) is 23.0 Å². The summed E-state index contributed by atoms with van der Waals surface area (Å²) >= 11 is 12.0. The summed E-state index contributed by atoms with van der Waals surface area (Å²) in [6.45, 7) is 0. The number of benzene rings is 4. The summed E-state index contributed by atoms with van der Waals surface area (Å²) in [5, 5.41) is 16.9. The summed E-state index contributed by atoms with van der Waals surface area (Å²) in [6, 6.07) is 20.3. The first kappa shape index (κ1) is 23.9. The van der Waals surface area contributed by atoms with Gasteiger partial charge < -0.3 is 4.74 Å². The lowest BCUT2D eigenvalue weighted by molar-refractivity contribution is -0.384. The van der Waals surface area contributed by atoms with E-state index in [4.69, 9.17) is 27.9 Å². The average Bonchev–Trinajstić information content (AvgIpc) is 2.85. The van der Waals surface area contributed by atoms with Crippen LogP contribution in [0.25, 0.3) is 10.8 Å². The maximum atomic E-state index is 12.8. The average molecular weight is 508 g/mol. The summed E-state index contributed by atoms with van der Waals surface area (Å²) in [6.07, 6.45) is 1.36. The molecular formula is C25H15Cl2N3O5. The molecule has 4 rings (SSSR count). The number of ether oxygens (including phenoxy) is 1. The van der Waals surface area contributed by atoms with E-state index in [1.807, 2.05) is 24.3 Å². The van der Waals surface area contributed by atoms with Crippen LogP contribution in [0.5, 0.6) is 5.75 Å². The number of fused-ring (bicyclic) bond motifs is 1. The molecule has 0 aliphatic carbocycles. The van der Waals surface area contributed by atoms with E-state index in [0.29, 0.717) is 10.6 Å². The van der Waals surface area contributed by atoms with Crippen LogP contribution >= 0.6 is 23.2 Å². The van der Waals surface area contributed by atoms with Crippen molar-refractivity contribution in [1.29, 1.82) is 0 Å². The molecule has 1 N–H and O–H groups in total. The van der Waals surface area contributed by atoms with E-state index in [-0.39, 0.29) is 27.6 Å². The van der Waals surface area contributed by atoms with E-state index in [1.54, 1.807) is 12.1 Å². The first-order valence-corrected chi connectivity index (χ1v) is 10.9. The zero-order valence-electron chi connectivity index (χ0n) is 17.8. The van der Waals surface area contributed by atoms with Gasteiger partial charge in [-0.25, -0.2) is 10.2 Å². The number of carbonyl (C=O) groups excluding carboxylic acids is 2. The van der Waals surface area contributed by atoms with Gasteiger partial charge in [0.2, 0.25) is 0 Å². The van der Waals surface area contributed by atoms with E-state index in [0.717, 1.165) is 10.8 Å². The second-order valence-corrected chi connectivity index (χ2v) is 8.06. The van der Waals surface area contributed by atoms with E-state index in [1.165, 1.54) is 48.7 Å². The predicted molar refractivity (Wildman–Crippen MR) is 134 cm³/mol. The summed E-state index contributed by atoms with van der Waals surface area (Å²) in [7, 11) is 0. The second-order valence-electron chi connectivity index (χ2n) is 7.22. The summed E-state index contributed by atoms with van der Waals surface area (Å²) < 4.78 is 5.60. The third kappa shape index (κ3) is 5.46. The number of hydrogen-bond acceptors (Lipinski definition) is 6. The fourth-order valence-corrected chi connectivity index (χ4v) is 3.75. The molecule has 0 saturated heterocycles. The van der Waals surface area contributed by atoms with E-state index >= 15 is 0 Å². The Kier molecular flexibility index (Phi) is 7.05. The van der Waals surface area contributed by atoms with Gasteiger partial charge in [-0.1, -0.05) is 53.5 Å². The fraction of sp³-hybridized carbons (Fsp3) is 0. The van der Waals surface area contributed by atoms with Crippen molar-refractivity contribution < 1.29 is 19.2 Å². The van der Waals surface area contributed by atoms with Gasteiger partial charge in [0.05, 0.1) is 21.7 Å². The minimum Gasteiger partial charge on any atom is -0.422 e. The summed E-state index contributed by atoms with van der Waals surface area (Å²) in [4.78, 5) is 35.4. The summed E-state index contributed by atoms with van der Waals surface area (Å²) in [5.41, 5.74) is 3.02. The largest absolute Gasteiger partial charge is 0.422 e. The lowest BCUT2D eigenvalue weighted by Crippen LogP contribution is -2.17. The number of rotatable bonds is 6. The first-order chi connectivity index (χ1) is 16.8. The molecule has 0 aromatic heterocycles. The molecule has 8 nitrogen and oxygen atoms in total. The van der Waals surface area contributed by atoms with Crippen LogP contribution in [0.1, 0.15) is 26.3 Å². The molecular weight excluding hydrogens is 493 g/mol. The number of esters is 1. The molecule has 1 amide bonds. The Morgan fingerprint density at radius 1 is 0.971 bits per heavy atom. The number of nitro groups is 1. The molecule has 174 valence electrons. The van der Waals surface area contributed by atoms with Crippen molar-refractivity contribution in [2.75, 3.05) is 0 Å². The Bertz CT molecular complexity index is 1490. The lowest BCUT2D eigenvalue weighted by atomic mass is 10.0. The number of nitrogens with zero attached hydrogens (tertiary/aromatic N) is 2. The van der Waals surface area contributed by atoms with Crippen molar-refractivity contribution in [3.05, 3.63) is 116 Å². The van der Waals surface area contributed by atoms with Gasteiger partial charge in [0.25, 0.3) is 11.6 Å². The molecule has 0 spiro atoms. The van der Waals surface area contributed by atoms with Gasteiger partial charge in [0, 0.05) is 28.3 Å². The Balaban J connectivity index is 1.61. The molecule has 4 aromatic rings. The van der Waals surface area contributed by atoms with Crippen LogP contribution in [0.4, 0.5) is 5.69 Å². The number of halogens is 2. The second kappa shape index (κ2) is 10.3. The molecule has 0 saturated carbocycles. The van der Waals surface area contributed by atoms with Gasteiger partial charge in [-0.15, -0.1) is 0 Å². The topological polar surface area (TPSA) is 111 Å². The van der Waals surface area contributed by atoms with Crippen LogP contribution in [0.2, 0.25) is 10.0 Å². The van der Waals surface area contributed by atoms with E-state index < -0.39 is 16.8 Å². The third-order valence-electron chi connectivity index (χ3n) is 4.98. The first-order valence-electron chi connectivity index (χ1n) is 10.1. The molecule has 0 radical (unpaired) electrons. The van der Waals surface area contributed by atoms with Crippen molar-refractivity contribution in [3.8, 4) is 5.75 Å². The van der Waals surface area contributed by atoms with Crippen molar-refractivity contribution in [3.63, 3.8) is 0 Å². The Morgan fingerprint density at radius 2 is 1.71 bits per heavy atom. The molecule has 0 heterocycles. The highest BCUT2D eigenvalue weighted by Gasteiger charge is 2.16. The van der Waals surface area contributed by atoms with Gasteiger partial charge in [0.15, 0.2) is 0 Å². The van der Waals surface area contributed by atoms with Crippen LogP contribution < -0.4 is 10.2 Å². The molecule has 0 atom stereocenters. The van der Waals surface area contributed by atoms with Gasteiger partial charge in [-0.05, 0) is 47.2 Å². The quantitative estimate of drug-likeness (QED) is 0.112. The number of carbonyl (C=O) groups is 2. The number of non-ortho nitro benzene ring substituents is 1. The Labute approximate surface area is 208 Å². The van der Waals surface area contributed by atoms with Crippen LogP contribution in [-0.2, 0) is 0 Å². The van der Waals surface area contributed by atoms with Gasteiger partial charge in [0.1, 0.15) is 5.75 Å². The Hall–Kier alpha value is -4.27. The minimum atomic E-state index is -0.688. The number of nitrogens with one attached hydrogen (secondary N) is 1. The Morgan fingerprint density at radius 3 is 2.43 bits per heavy atom. The smallest absolute Gasteiger partial charge is 0.345 e. The van der Waals surface area contributed by atoms with Crippen LogP contribution in [0.3, 0.4) is 0 Å². The number of nitro benzene ring substituents is 1. The fourth-order valence-electron chi connectivity index (χ4n) is 3.26. The van der Waals surface area contributed by atoms with Crippen molar-refractivity contribution >= 4 is 57.8 Å². The standard InChI is InChI=1S/C25H15Cl2N3O5/c26-17-8-11-20(22(27)13-17)25(32)35-23-12-7-15-3-1-2-4-19(15)21(23)14-28-29-24(31)16-5-9-18(10-6-16)30(33)34/h1-14H,(H,29,31)/b28-14-. The van der Waals surface area contributed by atoms with E-state index in [9.17, 15) is 19.7 Å². The molecule has 0 aliphatic heterocycles. The van der Waals surface area contributed by atoms with Gasteiger partial charge in [-0.2, -0.15) is 5.10 Å². The highest BCUT2D eigenvalue weighted by atomic mass is 35.5. The third-order valence-corrected chi connectivity index (χ3v) is 5.53. The molecule has 0 bridgehead atoms. The maximum Gasteiger partial charge on any atom is 0.345 e. The molecule has 0 unspecified atom stereocenters. The predicted octanol–water partition coefficient (Wildman–Crippen LogP) is 6.04. The lowest BCUT2D eigenvalue weighted by Gasteiger charge is -2.11. The van der Waals surface area contributed by atoms with Crippen LogP contribution in [0.15, 0.2) is 84.0 Å². The highest BCUT2D eigenvalue weighted by molar-refractivity contribution is 6.36. The summed E-state index contributed by atoms with van der Waals surface area (Å²) in [5.74, 6) is -1.05. The van der Waals surface area contributed by atoms with Crippen LogP contribution in [0, 0.1) is 10.1 Å². The van der Waals surface area contributed by atoms with Gasteiger partial charge >= 0.3 is 5.97 Å². The maximum absolute atomic E-state index is 12.8. The molecule has 0 aliphatic rings. The molecule has 35 heavy (non-hydrogen) atoms. The van der Waals surface area contributed by atoms with Gasteiger partial charge in [-0.3, -0.25) is 14.9 Å². The number of amides is 1. The minimum absolute atomic E-state index is 0.131. The number of hydrazone groups is 1. The zero-order valence-corrected chi connectivity index (χ0v) is 19.3. The zero-order chi connectivity index (χ0) is 24.9. The van der Waals surface area contributed by atoms with Crippen molar-refractivity contribution in [2.45, 2.75) is 0 Å². The SMILES string of the molecule is O=C(N/N=C\c1c(OC(=O)c2ccc(Cl)cc2Cl)ccc2ccccc12)c1ccc([N+](=O)[O-])cc1. The number of hydrogen-bond donors (Lipinski definition) is 1. The van der Waals surface area contributed by atoms with E-state index in [2.05, 4.69) is 10.5 Å². The monoisotopic (exact) mass is 507 g/mol. The molecule has 4 aromatic carbocycles. The normalized spacial score (nSPS) is 10.9. The highest BCUT2D eigenvalue weighted by Crippen LogP contribution is 2.29. The van der Waals surface area contributed by atoms with Crippen molar-refractivity contribution in [2.24, 2.45) is 5.10 Å².